The van der Waals surface area contributed by atoms with Crippen LogP contribution in [0.15, 0.2) is 28.6 Å². The Morgan fingerprint density at radius 3 is 2.29 bits per heavy atom. The van der Waals surface area contributed by atoms with Crippen LogP contribution in [0.1, 0.15) is 40.5 Å². The zero-order chi connectivity index (χ0) is 20.9. The molecule has 0 spiro atoms. The lowest BCUT2D eigenvalue weighted by atomic mass is 9.68. The van der Waals surface area contributed by atoms with Gasteiger partial charge in [-0.3, -0.25) is 4.79 Å². The number of thiazole rings is 1. The summed E-state index contributed by atoms with van der Waals surface area (Å²) >= 11 is 3.31. The number of carboxylic acid groups (broad SMARTS) is 1. The third kappa shape index (κ3) is 5.92. The van der Waals surface area contributed by atoms with Crippen LogP contribution in [-0.4, -0.2) is 45.2 Å². The number of fused-ring (bicyclic) bond motifs is 1. The molecule has 0 saturated heterocycles. The topological polar surface area (TPSA) is 90.7 Å². The third-order valence-electron chi connectivity index (χ3n) is 5.70. The Kier molecular flexibility index (Phi) is 7.90. The Bertz CT molecular complexity index is 755. The van der Waals surface area contributed by atoms with Crippen LogP contribution in [0.25, 0.3) is 10.2 Å². The summed E-state index contributed by atoms with van der Waals surface area (Å²) in [7, 11) is 0. The quantitative estimate of drug-likeness (QED) is 0.459. The van der Waals surface area contributed by atoms with E-state index in [1.165, 1.54) is 0 Å². The number of carbonyl (C=O) groups is 1. The maximum Gasteiger partial charge on any atom is 0.303 e. The molecule has 5 nitrogen and oxygen atoms in total. The second-order valence-electron chi connectivity index (χ2n) is 8.78. The fraction of sp³-hybridized carbons (Fsp3) is 0.619. The van der Waals surface area contributed by atoms with Crippen LogP contribution >= 0.6 is 23.1 Å². The molecule has 7 heteroatoms. The normalized spacial score (nSPS) is 14.9. The SMILES string of the molecule is CC(C)(CO)[C@@H](CSc1nc2ccccc2s1)C[C@H](CC(=O)O)C(C)(C)CO. The average molecular weight is 426 g/mol. The predicted octanol–water partition coefficient (Wildman–Crippen LogP) is 4.52. The summed E-state index contributed by atoms with van der Waals surface area (Å²) in [5, 5.41) is 29.1. The van der Waals surface area contributed by atoms with Crippen molar-refractivity contribution in [2.24, 2.45) is 22.7 Å². The maximum absolute atomic E-state index is 11.4. The van der Waals surface area contributed by atoms with Gasteiger partial charge in [-0.25, -0.2) is 4.98 Å². The first-order chi connectivity index (χ1) is 13.1. The first-order valence-electron chi connectivity index (χ1n) is 9.51. The summed E-state index contributed by atoms with van der Waals surface area (Å²) < 4.78 is 2.13. The molecule has 0 saturated carbocycles. The number of aliphatic carboxylic acids is 1. The molecule has 1 aromatic heterocycles. The van der Waals surface area contributed by atoms with Crippen molar-refractivity contribution in [2.45, 2.75) is 44.9 Å². The smallest absolute Gasteiger partial charge is 0.303 e. The molecule has 1 heterocycles. The van der Waals surface area contributed by atoms with Gasteiger partial charge in [0.2, 0.25) is 0 Å². The van der Waals surface area contributed by atoms with Crippen molar-refractivity contribution in [1.29, 1.82) is 0 Å². The molecule has 0 aliphatic heterocycles. The molecule has 0 fully saturated rings. The Morgan fingerprint density at radius 2 is 1.71 bits per heavy atom. The number of aromatic nitrogens is 1. The van der Waals surface area contributed by atoms with Gasteiger partial charge in [-0.2, -0.15) is 0 Å². The molecule has 0 aliphatic carbocycles. The third-order valence-corrected chi connectivity index (χ3v) is 8.04. The summed E-state index contributed by atoms with van der Waals surface area (Å²) in [5.41, 5.74) is 0.132. The van der Waals surface area contributed by atoms with Crippen molar-refractivity contribution in [3.8, 4) is 0 Å². The number of aliphatic hydroxyl groups is 2. The zero-order valence-corrected chi connectivity index (χ0v) is 18.6. The van der Waals surface area contributed by atoms with E-state index in [9.17, 15) is 20.1 Å². The van der Waals surface area contributed by atoms with Gasteiger partial charge in [0.25, 0.3) is 0 Å². The summed E-state index contributed by atoms with van der Waals surface area (Å²) in [6.45, 7) is 7.80. The molecule has 0 radical (unpaired) electrons. The summed E-state index contributed by atoms with van der Waals surface area (Å²) in [6, 6.07) is 8.03. The Hall–Kier alpha value is -1.15. The number of carboxylic acids is 1. The fourth-order valence-corrected chi connectivity index (χ4v) is 5.69. The van der Waals surface area contributed by atoms with Crippen molar-refractivity contribution in [3.63, 3.8) is 0 Å². The van der Waals surface area contributed by atoms with Gasteiger partial charge >= 0.3 is 5.97 Å². The van der Waals surface area contributed by atoms with E-state index < -0.39 is 11.4 Å². The van der Waals surface area contributed by atoms with Gasteiger partial charge in [0.15, 0.2) is 4.34 Å². The minimum atomic E-state index is -0.856. The van der Waals surface area contributed by atoms with Crippen LogP contribution < -0.4 is 0 Å². The van der Waals surface area contributed by atoms with E-state index in [1.807, 2.05) is 45.9 Å². The van der Waals surface area contributed by atoms with Crippen LogP contribution in [0.4, 0.5) is 0 Å². The standard InChI is InChI=1S/C21H31NO4S2/c1-20(2,12-23)14(10-18(25)26)9-15(21(3,4)13-24)11-27-19-22-16-7-5-6-8-17(16)28-19/h5-8,14-15,23-24H,9-13H2,1-4H3,(H,25,26)/t14-,15-/m1/s1. The monoisotopic (exact) mass is 425 g/mol. The van der Waals surface area contributed by atoms with Crippen molar-refractivity contribution in [1.82, 2.24) is 4.98 Å². The molecule has 2 rings (SSSR count). The number of hydrogen-bond donors (Lipinski definition) is 3. The minimum absolute atomic E-state index is 0.0113. The highest BCUT2D eigenvalue weighted by molar-refractivity contribution is 8.01. The molecule has 28 heavy (non-hydrogen) atoms. The minimum Gasteiger partial charge on any atom is -0.481 e. The summed E-state index contributed by atoms with van der Waals surface area (Å²) in [5.74, 6) is -0.206. The molecule has 156 valence electrons. The van der Waals surface area contributed by atoms with Crippen molar-refractivity contribution in [2.75, 3.05) is 19.0 Å². The number of thioether (sulfide) groups is 1. The van der Waals surface area contributed by atoms with Gasteiger partial charge in [0.1, 0.15) is 0 Å². The van der Waals surface area contributed by atoms with E-state index in [0.717, 1.165) is 20.3 Å². The lowest BCUT2D eigenvalue weighted by molar-refractivity contribution is -0.139. The second-order valence-corrected chi connectivity index (χ2v) is 11.1. The molecule has 1 aromatic carbocycles. The van der Waals surface area contributed by atoms with E-state index in [2.05, 4.69) is 11.1 Å². The van der Waals surface area contributed by atoms with Crippen molar-refractivity contribution >= 4 is 39.3 Å². The number of nitrogens with zero attached hydrogens (tertiary/aromatic N) is 1. The Labute approximate surface area is 175 Å². The van der Waals surface area contributed by atoms with E-state index in [-0.39, 0.29) is 36.9 Å². The highest BCUT2D eigenvalue weighted by Gasteiger charge is 2.37. The van der Waals surface area contributed by atoms with Gasteiger partial charge in [-0.1, -0.05) is 51.6 Å². The van der Waals surface area contributed by atoms with Gasteiger partial charge in [0, 0.05) is 25.4 Å². The first-order valence-corrected chi connectivity index (χ1v) is 11.3. The van der Waals surface area contributed by atoms with Crippen LogP contribution in [0, 0.1) is 22.7 Å². The summed E-state index contributed by atoms with van der Waals surface area (Å²) in [6.07, 6.45) is 0.642. The van der Waals surface area contributed by atoms with E-state index in [0.29, 0.717) is 6.42 Å². The molecule has 0 unspecified atom stereocenters. The molecule has 0 bridgehead atoms. The van der Waals surface area contributed by atoms with Crippen LogP contribution in [-0.2, 0) is 4.79 Å². The fourth-order valence-electron chi connectivity index (χ4n) is 3.19. The van der Waals surface area contributed by atoms with E-state index in [1.54, 1.807) is 23.1 Å². The molecular weight excluding hydrogens is 394 g/mol. The van der Waals surface area contributed by atoms with Crippen molar-refractivity contribution in [3.05, 3.63) is 24.3 Å². The average Bonchev–Trinajstić information content (AvgIpc) is 3.06. The van der Waals surface area contributed by atoms with Crippen LogP contribution in [0.2, 0.25) is 0 Å². The zero-order valence-electron chi connectivity index (χ0n) is 17.0. The maximum atomic E-state index is 11.4. The molecular formula is C21H31NO4S2. The van der Waals surface area contributed by atoms with Crippen LogP contribution in [0.3, 0.4) is 0 Å². The number of rotatable bonds is 11. The van der Waals surface area contributed by atoms with Crippen molar-refractivity contribution < 1.29 is 20.1 Å². The van der Waals surface area contributed by atoms with E-state index in [4.69, 9.17) is 0 Å². The molecule has 2 atom stereocenters. The number of para-hydroxylation sites is 1. The highest BCUT2D eigenvalue weighted by Crippen LogP contribution is 2.42. The Morgan fingerprint density at radius 1 is 1.11 bits per heavy atom. The predicted molar refractivity (Wildman–Crippen MR) is 116 cm³/mol. The van der Waals surface area contributed by atoms with Gasteiger partial charge < -0.3 is 15.3 Å². The Balaban J connectivity index is 2.19. The molecule has 0 aliphatic rings. The van der Waals surface area contributed by atoms with Gasteiger partial charge in [-0.05, 0) is 41.2 Å². The lowest BCUT2D eigenvalue weighted by Crippen LogP contribution is -2.37. The van der Waals surface area contributed by atoms with Gasteiger partial charge in [-0.15, -0.1) is 11.3 Å². The highest BCUT2D eigenvalue weighted by atomic mass is 32.2. The lowest BCUT2D eigenvalue weighted by Gasteiger charge is -2.39. The van der Waals surface area contributed by atoms with Crippen LogP contribution in [0.5, 0.6) is 0 Å². The molecule has 2 aromatic rings. The molecule has 3 N–H and O–H groups in total. The van der Waals surface area contributed by atoms with E-state index >= 15 is 0 Å². The number of benzene rings is 1. The van der Waals surface area contributed by atoms with Gasteiger partial charge in [0.05, 0.1) is 10.2 Å². The summed E-state index contributed by atoms with van der Waals surface area (Å²) in [4.78, 5) is 16.1. The largest absolute Gasteiger partial charge is 0.481 e. The first kappa shape index (κ1) is 23.1. The number of hydrogen-bond acceptors (Lipinski definition) is 6. The number of aliphatic hydroxyl groups excluding tert-OH is 2. The molecule has 0 amide bonds. The second kappa shape index (κ2) is 9.57.